The summed E-state index contributed by atoms with van der Waals surface area (Å²) in [5.41, 5.74) is 1.35. The number of thiophene rings is 1. The Bertz CT molecular complexity index is 545. The number of hydrogen-bond donors (Lipinski definition) is 1. The Balaban J connectivity index is 1.95. The number of hydrogen-bond acceptors (Lipinski definition) is 4. The SMILES string of the molecule is CNC(c1cc(Br)c(C)s1)c1nc2c(s1)CCCC2. The lowest BCUT2D eigenvalue weighted by molar-refractivity contribution is 0.665. The van der Waals surface area contributed by atoms with Crippen LogP contribution in [0.2, 0.25) is 0 Å². The molecule has 0 bridgehead atoms. The minimum absolute atomic E-state index is 0.241. The summed E-state index contributed by atoms with van der Waals surface area (Å²) in [5.74, 6) is 0. The Morgan fingerprint density at radius 2 is 2.11 bits per heavy atom. The highest BCUT2D eigenvalue weighted by Gasteiger charge is 2.22. The monoisotopic (exact) mass is 356 g/mol. The zero-order chi connectivity index (χ0) is 13.4. The number of aryl methyl sites for hydroxylation is 3. The van der Waals surface area contributed by atoms with E-state index in [0.29, 0.717) is 0 Å². The van der Waals surface area contributed by atoms with Crippen LogP contribution in [0.15, 0.2) is 10.5 Å². The molecule has 19 heavy (non-hydrogen) atoms. The van der Waals surface area contributed by atoms with Crippen molar-refractivity contribution in [2.75, 3.05) is 7.05 Å². The van der Waals surface area contributed by atoms with Crippen molar-refractivity contribution in [2.24, 2.45) is 0 Å². The Kier molecular flexibility index (Phi) is 4.08. The van der Waals surface area contributed by atoms with E-state index in [1.807, 2.05) is 29.7 Å². The molecule has 1 unspecified atom stereocenters. The smallest absolute Gasteiger partial charge is 0.115 e. The first-order valence-corrected chi connectivity index (χ1v) is 9.03. The van der Waals surface area contributed by atoms with E-state index in [-0.39, 0.29) is 6.04 Å². The van der Waals surface area contributed by atoms with Gasteiger partial charge in [-0.2, -0.15) is 0 Å². The molecule has 1 atom stereocenters. The zero-order valence-electron chi connectivity index (χ0n) is 11.1. The largest absolute Gasteiger partial charge is 0.307 e. The number of nitrogens with zero attached hydrogens (tertiary/aromatic N) is 1. The maximum absolute atomic E-state index is 4.88. The number of thiazole rings is 1. The molecule has 1 aliphatic rings. The summed E-state index contributed by atoms with van der Waals surface area (Å²) in [6.07, 6.45) is 5.00. The molecule has 0 aliphatic heterocycles. The summed E-state index contributed by atoms with van der Waals surface area (Å²) in [4.78, 5) is 9.07. The molecule has 2 aromatic heterocycles. The highest BCUT2D eigenvalue weighted by molar-refractivity contribution is 9.10. The Labute approximate surface area is 130 Å². The number of rotatable bonds is 3. The van der Waals surface area contributed by atoms with Crippen LogP contribution in [0.1, 0.15) is 44.2 Å². The van der Waals surface area contributed by atoms with Crippen LogP contribution in [-0.4, -0.2) is 12.0 Å². The van der Waals surface area contributed by atoms with E-state index in [1.54, 1.807) is 0 Å². The van der Waals surface area contributed by atoms with Gasteiger partial charge in [0, 0.05) is 19.1 Å². The van der Waals surface area contributed by atoms with Crippen LogP contribution >= 0.6 is 38.6 Å². The van der Waals surface area contributed by atoms with E-state index < -0.39 is 0 Å². The molecule has 0 saturated heterocycles. The predicted molar refractivity (Wildman–Crippen MR) is 86.4 cm³/mol. The second kappa shape index (κ2) is 5.64. The molecule has 102 valence electrons. The summed E-state index contributed by atoms with van der Waals surface area (Å²) < 4.78 is 1.20. The lowest BCUT2D eigenvalue weighted by Gasteiger charge is -2.10. The van der Waals surface area contributed by atoms with Gasteiger partial charge in [-0.3, -0.25) is 0 Å². The van der Waals surface area contributed by atoms with Gasteiger partial charge in [-0.1, -0.05) is 0 Å². The normalized spacial score (nSPS) is 16.4. The van der Waals surface area contributed by atoms with Gasteiger partial charge in [-0.05, 0) is 61.7 Å². The second-order valence-corrected chi connectivity index (χ2v) is 8.16. The third-order valence-corrected chi connectivity index (χ3v) is 6.98. The molecular formula is C14H17BrN2S2. The Morgan fingerprint density at radius 1 is 1.32 bits per heavy atom. The van der Waals surface area contributed by atoms with Crippen molar-refractivity contribution in [2.45, 2.75) is 38.6 Å². The maximum Gasteiger partial charge on any atom is 0.115 e. The first-order valence-electron chi connectivity index (χ1n) is 6.60. The van der Waals surface area contributed by atoms with E-state index >= 15 is 0 Å². The fourth-order valence-electron chi connectivity index (χ4n) is 2.51. The van der Waals surface area contributed by atoms with Crippen LogP contribution < -0.4 is 5.32 Å². The summed E-state index contributed by atoms with van der Waals surface area (Å²) in [7, 11) is 2.02. The minimum atomic E-state index is 0.241. The molecule has 0 aromatic carbocycles. The molecule has 2 nitrogen and oxygen atoms in total. The molecule has 0 radical (unpaired) electrons. The Hall–Kier alpha value is -0.230. The molecule has 0 amide bonds. The first-order chi connectivity index (χ1) is 9.19. The third-order valence-electron chi connectivity index (χ3n) is 3.56. The fraction of sp³-hybridized carbons (Fsp3) is 0.500. The van der Waals surface area contributed by atoms with Crippen LogP contribution in [-0.2, 0) is 12.8 Å². The van der Waals surface area contributed by atoms with Crippen molar-refractivity contribution in [3.8, 4) is 0 Å². The molecule has 1 aliphatic carbocycles. The lowest BCUT2D eigenvalue weighted by Crippen LogP contribution is -2.16. The first kappa shape index (κ1) is 13.7. The van der Waals surface area contributed by atoms with Crippen molar-refractivity contribution in [3.63, 3.8) is 0 Å². The Morgan fingerprint density at radius 3 is 2.74 bits per heavy atom. The van der Waals surface area contributed by atoms with Gasteiger partial charge < -0.3 is 5.32 Å². The fourth-order valence-corrected chi connectivity index (χ4v) is 5.54. The summed E-state index contributed by atoms with van der Waals surface area (Å²) >= 11 is 7.35. The summed E-state index contributed by atoms with van der Waals surface area (Å²) in [6, 6.07) is 2.47. The van der Waals surface area contributed by atoms with Gasteiger partial charge in [0.1, 0.15) is 5.01 Å². The topological polar surface area (TPSA) is 24.9 Å². The van der Waals surface area contributed by atoms with Crippen molar-refractivity contribution >= 4 is 38.6 Å². The summed E-state index contributed by atoms with van der Waals surface area (Å²) in [5, 5.41) is 4.65. The van der Waals surface area contributed by atoms with Crippen LogP contribution in [0, 0.1) is 6.92 Å². The van der Waals surface area contributed by atoms with Crippen molar-refractivity contribution in [3.05, 3.63) is 35.9 Å². The molecule has 2 aromatic rings. The maximum atomic E-state index is 4.88. The van der Waals surface area contributed by atoms with Crippen LogP contribution in [0.4, 0.5) is 0 Å². The molecule has 2 heterocycles. The van der Waals surface area contributed by atoms with Crippen LogP contribution in [0.3, 0.4) is 0 Å². The molecule has 0 fully saturated rings. The molecule has 1 N–H and O–H groups in total. The second-order valence-electron chi connectivity index (χ2n) is 4.90. The standard InChI is InChI=1S/C14H17BrN2S2/c1-8-9(15)7-12(18-8)13(16-2)14-17-10-5-3-4-6-11(10)19-14/h7,13,16H,3-6H2,1-2H3. The van der Waals surface area contributed by atoms with Gasteiger partial charge in [0.2, 0.25) is 0 Å². The van der Waals surface area contributed by atoms with Gasteiger partial charge in [0.25, 0.3) is 0 Å². The van der Waals surface area contributed by atoms with E-state index in [9.17, 15) is 0 Å². The molecule has 5 heteroatoms. The average Bonchev–Trinajstić information content (AvgIpc) is 2.95. The molecule has 0 spiro atoms. The van der Waals surface area contributed by atoms with Crippen LogP contribution in [0.25, 0.3) is 0 Å². The third kappa shape index (κ3) is 2.66. The van der Waals surface area contributed by atoms with E-state index in [1.165, 1.54) is 49.1 Å². The highest BCUT2D eigenvalue weighted by Crippen LogP contribution is 2.37. The average molecular weight is 357 g/mol. The van der Waals surface area contributed by atoms with Crippen LogP contribution in [0.5, 0.6) is 0 Å². The van der Waals surface area contributed by atoms with E-state index in [2.05, 4.69) is 34.2 Å². The quantitative estimate of drug-likeness (QED) is 0.877. The number of aromatic nitrogens is 1. The molecule has 0 saturated carbocycles. The van der Waals surface area contributed by atoms with Crippen molar-refractivity contribution in [1.82, 2.24) is 10.3 Å². The van der Waals surface area contributed by atoms with Gasteiger partial charge in [-0.15, -0.1) is 22.7 Å². The van der Waals surface area contributed by atoms with E-state index in [0.717, 1.165) is 6.42 Å². The van der Waals surface area contributed by atoms with Gasteiger partial charge in [0.15, 0.2) is 0 Å². The minimum Gasteiger partial charge on any atom is -0.307 e. The number of nitrogens with one attached hydrogen (secondary N) is 1. The van der Waals surface area contributed by atoms with Gasteiger partial charge >= 0.3 is 0 Å². The van der Waals surface area contributed by atoms with Gasteiger partial charge in [-0.25, -0.2) is 4.98 Å². The molecular weight excluding hydrogens is 340 g/mol. The number of halogens is 1. The predicted octanol–water partition coefficient (Wildman–Crippen LogP) is 4.46. The lowest BCUT2D eigenvalue weighted by atomic mass is 10.0. The van der Waals surface area contributed by atoms with Crippen molar-refractivity contribution in [1.29, 1.82) is 0 Å². The van der Waals surface area contributed by atoms with Gasteiger partial charge in [0.05, 0.1) is 11.7 Å². The highest BCUT2D eigenvalue weighted by atomic mass is 79.9. The van der Waals surface area contributed by atoms with Crippen molar-refractivity contribution < 1.29 is 0 Å². The summed E-state index contributed by atoms with van der Waals surface area (Å²) in [6.45, 7) is 2.15. The number of fused-ring (bicyclic) bond motifs is 1. The van der Waals surface area contributed by atoms with E-state index in [4.69, 9.17) is 4.98 Å². The zero-order valence-corrected chi connectivity index (χ0v) is 14.3. The molecule has 3 rings (SSSR count).